The molecule has 2 aromatic rings. The number of nitrogens with zero attached hydrogens (tertiary/aromatic N) is 2. The molecule has 0 amide bonds. The molecule has 1 heterocycles. The van der Waals surface area contributed by atoms with Crippen molar-refractivity contribution in [3.8, 4) is 17.2 Å². The van der Waals surface area contributed by atoms with Crippen molar-refractivity contribution in [1.29, 1.82) is 5.26 Å². The molecule has 20 heavy (non-hydrogen) atoms. The third kappa shape index (κ3) is 3.43. The van der Waals surface area contributed by atoms with Crippen LogP contribution in [0.5, 0.6) is 0 Å². The molecule has 0 spiro atoms. The molecule has 1 aromatic carbocycles. The van der Waals surface area contributed by atoms with E-state index in [1.54, 1.807) is 12.4 Å². The van der Waals surface area contributed by atoms with Gasteiger partial charge in [-0.3, -0.25) is 4.98 Å². The van der Waals surface area contributed by atoms with Gasteiger partial charge in [-0.1, -0.05) is 32.0 Å². The monoisotopic (exact) mass is 265 g/mol. The van der Waals surface area contributed by atoms with E-state index in [9.17, 15) is 0 Å². The van der Waals surface area contributed by atoms with Gasteiger partial charge in [0.15, 0.2) is 0 Å². The Bertz CT molecular complexity index is 639. The van der Waals surface area contributed by atoms with E-state index >= 15 is 0 Å². The van der Waals surface area contributed by atoms with E-state index in [-0.39, 0.29) is 0 Å². The molecule has 0 bridgehead atoms. The number of benzene rings is 1. The van der Waals surface area contributed by atoms with E-state index in [2.05, 4.69) is 55.3 Å². The largest absolute Gasteiger partial charge is 0.310 e. The van der Waals surface area contributed by atoms with Gasteiger partial charge in [-0.25, -0.2) is 0 Å². The van der Waals surface area contributed by atoms with Gasteiger partial charge < -0.3 is 5.32 Å². The van der Waals surface area contributed by atoms with Gasteiger partial charge >= 0.3 is 0 Å². The Hall–Kier alpha value is -2.18. The highest BCUT2D eigenvalue weighted by Crippen LogP contribution is 2.24. The third-order valence-corrected chi connectivity index (χ3v) is 3.18. The van der Waals surface area contributed by atoms with Crippen molar-refractivity contribution in [1.82, 2.24) is 10.3 Å². The molecule has 3 nitrogen and oxygen atoms in total. The quantitative estimate of drug-likeness (QED) is 0.921. The number of rotatable bonds is 4. The highest BCUT2D eigenvalue weighted by molar-refractivity contribution is 5.68. The van der Waals surface area contributed by atoms with Crippen molar-refractivity contribution in [2.24, 2.45) is 0 Å². The number of nitriles is 1. The summed E-state index contributed by atoms with van der Waals surface area (Å²) in [6.07, 6.45) is 3.38. The fraction of sp³-hybridized carbons (Fsp3) is 0.294. The van der Waals surface area contributed by atoms with Gasteiger partial charge in [0.2, 0.25) is 0 Å². The van der Waals surface area contributed by atoms with E-state index in [1.807, 2.05) is 6.07 Å². The zero-order valence-corrected chi connectivity index (χ0v) is 12.1. The van der Waals surface area contributed by atoms with Gasteiger partial charge in [0.1, 0.15) is 6.07 Å². The maximum atomic E-state index is 8.95. The lowest BCUT2D eigenvalue weighted by molar-refractivity contribution is 0.589. The Balaban J connectivity index is 2.27. The molecule has 1 aromatic heterocycles. The van der Waals surface area contributed by atoms with Crippen LogP contribution in [0.3, 0.4) is 0 Å². The average molecular weight is 265 g/mol. The van der Waals surface area contributed by atoms with Crippen LogP contribution in [-0.4, -0.2) is 11.0 Å². The molecule has 2 rings (SSSR count). The van der Waals surface area contributed by atoms with Crippen LogP contribution >= 0.6 is 0 Å². The second-order valence-electron chi connectivity index (χ2n) is 5.26. The molecule has 0 saturated heterocycles. The minimum Gasteiger partial charge on any atom is -0.310 e. The second-order valence-corrected chi connectivity index (χ2v) is 5.26. The molecule has 0 aliphatic heterocycles. The summed E-state index contributed by atoms with van der Waals surface area (Å²) in [7, 11) is 0. The zero-order chi connectivity index (χ0) is 14.5. The normalized spacial score (nSPS) is 10.6. The second kappa shape index (κ2) is 6.31. The smallest absolute Gasteiger partial charge is 0.101 e. The average Bonchev–Trinajstić information content (AvgIpc) is 2.45. The van der Waals surface area contributed by atoms with E-state index in [0.717, 1.165) is 17.7 Å². The van der Waals surface area contributed by atoms with Crippen LogP contribution in [0.25, 0.3) is 11.1 Å². The number of hydrogen-bond acceptors (Lipinski definition) is 3. The first-order valence-corrected chi connectivity index (χ1v) is 6.78. The van der Waals surface area contributed by atoms with Crippen molar-refractivity contribution in [3.05, 3.63) is 53.3 Å². The predicted molar refractivity (Wildman–Crippen MR) is 81.1 cm³/mol. The van der Waals surface area contributed by atoms with Crippen molar-refractivity contribution < 1.29 is 0 Å². The Kier molecular flexibility index (Phi) is 4.49. The molecule has 0 aliphatic carbocycles. The lowest BCUT2D eigenvalue weighted by Gasteiger charge is -2.11. The van der Waals surface area contributed by atoms with Crippen molar-refractivity contribution >= 4 is 0 Å². The van der Waals surface area contributed by atoms with Crippen LogP contribution in [0.2, 0.25) is 0 Å². The van der Waals surface area contributed by atoms with Crippen molar-refractivity contribution in [2.75, 3.05) is 0 Å². The fourth-order valence-corrected chi connectivity index (χ4v) is 2.13. The first kappa shape index (κ1) is 14.2. The van der Waals surface area contributed by atoms with Crippen molar-refractivity contribution in [3.63, 3.8) is 0 Å². The van der Waals surface area contributed by atoms with E-state index in [4.69, 9.17) is 5.26 Å². The summed E-state index contributed by atoms with van der Waals surface area (Å²) >= 11 is 0. The van der Waals surface area contributed by atoms with Gasteiger partial charge in [-0.2, -0.15) is 5.26 Å². The maximum absolute atomic E-state index is 8.95. The predicted octanol–water partition coefficient (Wildman–Crippen LogP) is 3.43. The fourth-order valence-electron chi connectivity index (χ4n) is 2.13. The minimum absolute atomic E-state index is 0.478. The molecule has 0 atom stereocenters. The number of pyridine rings is 1. The molecule has 102 valence electrons. The van der Waals surface area contributed by atoms with Crippen molar-refractivity contribution in [2.45, 2.75) is 33.4 Å². The molecule has 1 N–H and O–H groups in total. The first-order chi connectivity index (χ1) is 9.60. The number of aryl methyl sites for hydroxylation is 1. The van der Waals surface area contributed by atoms with Gasteiger partial charge in [-0.15, -0.1) is 0 Å². The Morgan fingerprint density at radius 1 is 1.25 bits per heavy atom. The van der Waals surface area contributed by atoms with Crippen LogP contribution in [-0.2, 0) is 6.54 Å². The highest BCUT2D eigenvalue weighted by Gasteiger charge is 2.05. The van der Waals surface area contributed by atoms with E-state index in [1.165, 1.54) is 11.1 Å². The van der Waals surface area contributed by atoms with Crippen LogP contribution in [0.15, 0.2) is 36.7 Å². The summed E-state index contributed by atoms with van der Waals surface area (Å²) in [4.78, 5) is 4.12. The number of hydrogen-bond donors (Lipinski definition) is 1. The Morgan fingerprint density at radius 3 is 2.70 bits per heavy atom. The Morgan fingerprint density at radius 2 is 2.05 bits per heavy atom. The van der Waals surface area contributed by atoms with Gasteiger partial charge in [0.25, 0.3) is 0 Å². The SMILES string of the molecule is Cc1cc(CNC(C)C)ccc1-c1cncc(C#N)c1. The lowest BCUT2D eigenvalue weighted by atomic mass is 9.99. The van der Waals surface area contributed by atoms with E-state index in [0.29, 0.717) is 11.6 Å². The zero-order valence-electron chi connectivity index (χ0n) is 12.1. The third-order valence-electron chi connectivity index (χ3n) is 3.18. The molecular formula is C17H19N3. The molecule has 3 heteroatoms. The summed E-state index contributed by atoms with van der Waals surface area (Å²) in [5.74, 6) is 0. The van der Waals surface area contributed by atoms with Crippen LogP contribution in [0, 0.1) is 18.3 Å². The standard InChI is InChI=1S/C17H19N3/c1-12(2)20-10-14-4-5-17(13(3)6-14)16-7-15(8-18)9-19-11-16/h4-7,9,11-12,20H,10H2,1-3H3. The number of nitrogens with one attached hydrogen (secondary N) is 1. The maximum Gasteiger partial charge on any atom is 0.101 e. The lowest BCUT2D eigenvalue weighted by Crippen LogP contribution is -2.21. The summed E-state index contributed by atoms with van der Waals surface area (Å²) in [6.45, 7) is 7.24. The molecule has 0 aliphatic rings. The molecule has 0 fully saturated rings. The molecule has 0 radical (unpaired) electrons. The first-order valence-electron chi connectivity index (χ1n) is 6.78. The topological polar surface area (TPSA) is 48.7 Å². The molecule has 0 unspecified atom stereocenters. The van der Waals surface area contributed by atoms with Crippen LogP contribution in [0.1, 0.15) is 30.5 Å². The summed E-state index contributed by atoms with van der Waals surface area (Å²) in [6, 6.07) is 10.9. The van der Waals surface area contributed by atoms with Crippen LogP contribution in [0.4, 0.5) is 0 Å². The van der Waals surface area contributed by atoms with E-state index < -0.39 is 0 Å². The highest BCUT2D eigenvalue weighted by atomic mass is 14.9. The van der Waals surface area contributed by atoms with Gasteiger partial charge in [0.05, 0.1) is 5.56 Å². The number of aromatic nitrogens is 1. The van der Waals surface area contributed by atoms with Gasteiger partial charge in [-0.05, 0) is 29.7 Å². The summed E-state index contributed by atoms with van der Waals surface area (Å²) < 4.78 is 0. The van der Waals surface area contributed by atoms with Gasteiger partial charge in [0, 0.05) is 30.5 Å². The molecule has 0 saturated carbocycles. The molecular weight excluding hydrogens is 246 g/mol. The minimum atomic E-state index is 0.478. The summed E-state index contributed by atoms with van der Waals surface area (Å²) in [5, 5.41) is 12.4. The Labute approximate surface area is 120 Å². The summed E-state index contributed by atoms with van der Waals surface area (Å²) in [5.41, 5.74) is 5.18. The van der Waals surface area contributed by atoms with Crippen LogP contribution < -0.4 is 5.32 Å².